The molecule has 16 heavy (non-hydrogen) atoms. The van der Waals surface area contributed by atoms with Crippen LogP contribution in [0.15, 0.2) is 53.0 Å². The normalized spacial score (nSPS) is 10.2. The van der Waals surface area contributed by atoms with Gasteiger partial charge in [-0.2, -0.15) is 0 Å². The summed E-state index contributed by atoms with van der Waals surface area (Å²) in [5, 5.41) is 18.4. The number of benzene rings is 2. The van der Waals surface area contributed by atoms with Crippen LogP contribution >= 0.6 is 15.9 Å². The maximum atomic E-state index is 9.20. The van der Waals surface area contributed by atoms with Crippen LogP contribution < -0.4 is 5.46 Å². The van der Waals surface area contributed by atoms with Crippen molar-refractivity contribution in [3.05, 3.63) is 53.0 Å². The quantitative estimate of drug-likeness (QED) is 0.822. The topological polar surface area (TPSA) is 40.5 Å². The van der Waals surface area contributed by atoms with Crippen LogP contribution in [0.1, 0.15) is 0 Å². The van der Waals surface area contributed by atoms with E-state index in [2.05, 4.69) is 15.9 Å². The lowest BCUT2D eigenvalue weighted by molar-refractivity contribution is 0.425. The molecule has 0 aliphatic heterocycles. The predicted molar refractivity (Wildman–Crippen MR) is 69.4 cm³/mol. The average Bonchev–Trinajstić information content (AvgIpc) is 2.30. The highest BCUT2D eigenvalue weighted by atomic mass is 79.9. The average molecular weight is 277 g/mol. The van der Waals surface area contributed by atoms with Gasteiger partial charge >= 0.3 is 7.12 Å². The van der Waals surface area contributed by atoms with Gasteiger partial charge in [0, 0.05) is 4.47 Å². The number of halogens is 1. The van der Waals surface area contributed by atoms with Gasteiger partial charge in [0.05, 0.1) is 0 Å². The van der Waals surface area contributed by atoms with Crippen LogP contribution in [0.4, 0.5) is 0 Å². The second-order valence-electron chi connectivity index (χ2n) is 3.45. The molecule has 80 valence electrons. The first-order chi connectivity index (χ1) is 7.70. The van der Waals surface area contributed by atoms with Gasteiger partial charge in [0.15, 0.2) is 0 Å². The molecule has 0 amide bonds. The molecule has 2 rings (SSSR count). The van der Waals surface area contributed by atoms with Gasteiger partial charge in [-0.05, 0) is 16.6 Å². The first kappa shape index (κ1) is 11.4. The molecule has 0 aliphatic carbocycles. The zero-order valence-electron chi connectivity index (χ0n) is 8.47. The largest absolute Gasteiger partial charge is 0.489 e. The summed E-state index contributed by atoms with van der Waals surface area (Å²) < 4.78 is 0.719. The summed E-state index contributed by atoms with van der Waals surface area (Å²) in [4.78, 5) is 0. The third kappa shape index (κ3) is 2.19. The number of hydrogen-bond acceptors (Lipinski definition) is 2. The van der Waals surface area contributed by atoms with Crippen molar-refractivity contribution in [2.24, 2.45) is 0 Å². The van der Waals surface area contributed by atoms with Crippen LogP contribution in [0.25, 0.3) is 11.1 Å². The van der Waals surface area contributed by atoms with E-state index < -0.39 is 7.12 Å². The molecule has 0 atom stereocenters. The van der Waals surface area contributed by atoms with E-state index in [1.807, 2.05) is 42.5 Å². The Bertz CT molecular complexity index is 486. The molecule has 2 N–H and O–H groups in total. The monoisotopic (exact) mass is 276 g/mol. The zero-order valence-corrected chi connectivity index (χ0v) is 10.1. The van der Waals surface area contributed by atoms with Gasteiger partial charge in [0.1, 0.15) is 0 Å². The highest BCUT2D eigenvalue weighted by molar-refractivity contribution is 9.10. The van der Waals surface area contributed by atoms with Crippen LogP contribution in [-0.4, -0.2) is 17.2 Å². The van der Waals surface area contributed by atoms with Gasteiger partial charge in [-0.3, -0.25) is 0 Å². The van der Waals surface area contributed by atoms with E-state index in [1.54, 1.807) is 6.07 Å². The van der Waals surface area contributed by atoms with Crippen LogP contribution in [0.2, 0.25) is 0 Å². The summed E-state index contributed by atoms with van der Waals surface area (Å²) in [6.45, 7) is 0. The van der Waals surface area contributed by atoms with E-state index >= 15 is 0 Å². The molecule has 0 saturated heterocycles. The molecule has 0 spiro atoms. The lowest BCUT2D eigenvalue weighted by Crippen LogP contribution is -2.31. The summed E-state index contributed by atoms with van der Waals surface area (Å²) in [5.41, 5.74) is 2.46. The van der Waals surface area contributed by atoms with E-state index in [9.17, 15) is 10.0 Å². The Morgan fingerprint density at radius 2 is 1.56 bits per heavy atom. The maximum absolute atomic E-state index is 9.20. The highest BCUT2D eigenvalue weighted by Crippen LogP contribution is 2.26. The van der Waals surface area contributed by atoms with Crippen molar-refractivity contribution < 1.29 is 10.0 Å². The van der Waals surface area contributed by atoms with Gasteiger partial charge < -0.3 is 10.0 Å². The Labute approximate surface area is 103 Å². The molecular formula is C12H10BBrO2. The Hall–Kier alpha value is -1.10. The molecule has 0 radical (unpaired) electrons. The Morgan fingerprint density at radius 3 is 2.19 bits per heavy atom. The van der Waals surface area contributed by atoms with Gasteiger partial charge in [-0.25, -0.2) is 0 Å². The van der Waals surface area contributed by atoms with Crippen LogP contribution in [-0.2, 0) is 0 Å². The van der Waals surface area contributed by atoms with Crippen molar-refractivity contribution in [1.29, 1.82) is 0 Å². The van der Waals surface area contributed by atoms with Crippen molar-refractivity contribution in [2.45, 2.75) is 0 Å². The van der Waals surface area contributed by atoms with E-state index in [1.165, 1.54) is 0 Å². The molecule has 0 unspecified atom stereocenters. The van der Waals surface area contributed by atoms with E-state index in [0.29, 0.717) is 5.46 Å². The number of hydrogen-bond donors (Lipinski definition) is 2. The summed E-state index contributed by atoms with van der Waals surface area (Å²) in [6, 6.07) is 15.2. The number of rotatable bonds is 2. The highest BCUT2D eigenvalue weighted by Gasteiger charge is 2.17. The molecule has 0 saturated carbocycles. The van der Waals surface area contributed by atoms with Crippen LogP contribution in [0.3, 0.4) is 0 Å². The van der Waals surface area contributed by atoms with Crippen LogP contribution in [0.5, 0.6) is 0 Å². The van der Waals surface area contributed by atoms with Gasteiger partial charge in [-0.1, -0.05) is 64.5 Å². The minimum atomic E-state index is -1.46. The summed E-state index contributed by atoms with van der Waals surface area (Å²) in [6.07, 6.45) is 0. The summed E-state index contributed by atoms with van der Waals surface area (Å²) in [5.74, 6) is 0. The third-order valence-corrected chi connectivity index (χ3v) is 3.28. The Morgan fingerprint density at radius 1 is 0.875 bits per heavy atom. The molecule has 0 heterocycles. The standard InChI is InChI=1S/C12H10BBrO2/c14-12-10(9-5-2-1-3-6-9)7-4-8-11(12)13(15)16/h1-8,15-16H. The Balaban J connectivity index is 2.55. The zero-order chi connectivity index (χ0) is 11.5. The Kier molecular flexibility index (Phi) is 3.44. The molecule has 2 aromatic carbocycles. The smallest absolute Gasteiger partial charge is 0.423 e. The molecule has 0 bridgehead atoms. The molecule has 2 aromatic rings. The predicted octanol–water partition coefficient (Wildman–Crippen LogP) is 1.80. The summed E-state index contributed by atoms with van der Waals surface area (Å²) >= 11 is 3.40. The minimum Gasteiger partial charge on any atom is -0.423 e. The second-order valence-corrected chi connectivity index (χ2v) is 4.24. The second kappa shape index (κ2) is 4.83. The SMILES string of the molecule is OB(O)c1cccc(-c2ccccc2)c1Br. The molecule has 4 heteroatoms. The van der Waals surface area contributed by atoms with Crippen molar-refractivity contribution in [2.75, 3.05) is 0 Å². The van der Waals surface area contributed by atoms with Gasteiger partial charge in [0.25, 0.3) is 0 Å². The van der Waals surface area contributed by atoms with E-state index in [0.717, 1.165) is 15.6 Å². The van der Waals surface area contributed by atoms with Crippen molar-refractivity contribution in [1.82, 2.24) is 0 Å². The van der Waals surface area contributed by atoms with Crippen molar-refractivity contribution in [3.8, 4) is 11.1 Å². The van der Waals surface area contributed by atoms with Crippen LogP contribution in [0, 0.1) is 0 Å². The molecular weight excluding hydrogens is 267 g/mol. The fourth-order valence-electron chi connectivity index (χ4n) is 1.59. The van der Waals surface area contributed by atoms with E-state index in [4.69, 9.17) is 0 Å². The molecule has 0 aliphatic rings. The van der Waals surface area contributed by atoms with Crippen molar-refractivity contribution >= 4 is 28.5 Å². The summed E-state index contributed by atoms with van der Waals surface area (Å²) in [7, 11) is -1.46. The first-order valence-corrected chi connectivity index (χ1v) is 5.69. The molecule has 2 nitrogen and oxygen atoms in total. The lowest BCUT2D eigenvalue weighted by atomic mass is 9.79. The lowest BCUT2D eigenvalue weighted by Gasteiger charge is -2.09. The molecule has 0 fully saturated rings. The molecule has 0 aromatic heterocycles. The van der Waals surface area contributed by atoms with Gasteiger partial charge in [0.2, 0.25) is 0 Å². The minimum absolute atomic E-state index is 0.473. The fraction of sp³-hybridized carbons (Fsp3) is 0. The maximum Gasteiger partial charge on any atom is 0.489 e. The first-order valence-electron chi connectivity index (χ1n) is 4.90. The van der Waals surface area contributed by atoms with E-state index in [-0.39, 0.29) is 0 Å². The fourth-order valence-corrected chi connectivity index (χ4v) is 2.29. The third-order valence-electron chi connectivity index (χ3n) is 2.39. The van der Waals surface area contributed by atoms with Crippen molar-refractivity contribution in [3.63, 3.8) is 0 Å². The van der Waals surface area contributed by atoms with Gasteiger partial charge in [-0.15, -0.1) is 0 Å².